The second-order valence-electron chi connectivity index (χ2n) is 8.03. The van der Waals surface area contributed by atoms with E-state index in [-0.39, 0.29) is 16.6 Å². The molecular formula is C26H29FN2O4S. The molecule has 3 aromatic carbocycles. The van der Waals surface area contributed by atoms with Crippen LogP contribution in [0.15, 0.2) is 71.6 Å². The number of ether oxygens (including phenoxy) is 1. The number of benzene rings is 3. The molecule has 0 aliphatic heterocycles. The topological polar surface area (TPSA) is 75.7 Å². The zero-order chi connectivity index (χ0) is 24.9. The minimum absolute atomic E-state index is 0.0213. The number of methoxy groups -OCH3 is 1. The molecule has 0 heterocycles. The molecule has 0 radical (unpaired) electrons. The highest BCUT2D eigenvalue weighted by Crippen LogP contribution is 2.27. The number of hydrogen-bond donors (Lipinski definition) is 1. The number of carbonyl (C=O) groups excluding carboxylic acids is 1. The summed E-state index contributed by atoms with van der Waals surface area (Å²) in [7, 11) is -2.61. The third-order valence-corrected chi connectivity index (χ3v) is 7.36. The fourth-order valence-electron chi connectivity index (χ4n) is 3.70. The number of halogens is 1. The van der Waals surface area contributed by atoms with E-state index in [4.69, 9.17) is 4.74 Å². The fraction of sp³-hybridized carbons (Fsp3) is 0.269. The number of anilines is 1. The van der Waals surface area contributed by atoms with Crippen LogP contribution in [0, 0.1) is 19.7 Å². The second-order valence-corrected chi connectivity index (χ2v) is 9.90. The van der Waals surface area contributed by atoms with Crippen molar-refractivity contribution in [1.82, 2.24) is 5.32 Å². The van der Waals surface area contributed by atoms with Crippen molar-refractivity contribution in [2.75, 3.05) is 18.0 Å². The fourth-order valence-corrected chi connectivity index (χ4v) is 5.13. The quantitative estimate of drug-likeness (QED) is 0.468. The van der Waals surface area contributed by atoms with E-state index >= 15 is 0 Å². The Bertz CT molecular complexity index is 1260. The highest BCUT2D eigenvalue weighted by molar-refractivity contribution is 7.92. The third-order valence-electron chi connectivity index (χ3n) is 5.58. The van der Waals surface area contributed by atoms with Gasteiger partial charge in [-0.1, -0.05) is 48.9 Å². The standard InChI is InChI=1S/C26H29FN2O4S/c1-5-23(20-12-15-25(33-4)19(3)16-20)28-26(30)17-29(24-9-7-6-8-22(24)27)34(31,32)21-13-10-18(2)11-14-21/h6-16,23H,5,17H2,1-4H3,(H,28,30)/t23-/m1/s1. The Hall–Kier alpha value is -3.39. The molecule has 0 spiro atoms. The van der Waals surface area contributed by atoms with Crippen molar-refractivity contribution in [2.45, 2.75) is 38.1 Å². The number of hydrogen-bond acceptors (Lipinski definition) is 4. The van der Waals surface area contributed by atoms with Gasteiger partial charge in [0, 0.05) is 0 Å². The average Bonchev–Trinajstić information content (AvgIpc) is 2.81. The Morgan fingerprint density at radius 1 is 1.06 bits per heavy atom. The van der Waals surface area contributed by atoms with Gasteiger partial charge in [-0.3, -0.25) is 9.10 Å². The van der Waals surface area contributed by atoms with Crippen LogP contribution in [-0.2, 0) is 14.8 Å². The molecule has 0 unspecified atom stereocenters. The molecule has 3 rings (SSSR count). The Morgan fingerprint density at radius 3 is 2.32 bits per heavy atom. The zero-order valence-corrected chi connectivity index (χ0v) is 20.5. The van der Waals surface area contributed by atoms with Gasteiger partial charge in [0.05, 0.1) is 23.7 Å². The van der Waals surface area contributed by atoms with Crippen LogP contribution >= 0.6 is 0 Å². The molecule has 6 nitrogen and oxygen atoms in total. The van der Waals surface area contributed by atoms with E-state index in [1.807, 2.05) is 39.0 Å². The van der Waals surface area contributed by atoms with E-state index in [9.17, 15) is 17.6 Å². The van der Waals surface area contributed by atoms with E-state index in [1.165, 1.54) is 36.4 Å². The molecule has 0 saturated carbocycles. The molecular weight excluding hydrogens is 455 g/mol. The van der Waals surface area contributed by atoms with E-state index in [1.54, 1.807) is 19.2 Å². The predicted molar refractivity (Wildman–Crippen MR) is 131 cm³/mol. The molecule has 0 bridgehead atoms. The van der Waals surface area contributed by atoms with Gasteiger partial charge in [0.15, 0.2) is 0 Å². The number of aryl methyl sites for hydroxylation is 2. The molecule has 180 valence electrons. The van der Waals surface area contributed by atoms with Crippen molar-refractivity contribution >= 4 is 21.6 Å². The Kier molecular flexibility index (Phi) is 7.94. The molecule has 1 N–H and O–H groups in total. The Labute approximate surface area is 200 Å². The number of nitrogens with zero attached hydrogens (tertiary/aromatic N) is 1. The van der Waals surface area contributed by atoms with Crippen molar-refractivity contribution < 1.29 is 22.3 Å². The summed E-state index contributed by atoms with van der Waals surface area (Å²) in [6.07, 6.45) is 0.585. The average molecular weight is 485 g/mol. The third kappa shape index (κ3) is 5.56. The van der Waals surface area contributed by atoms with Gasteiger partial charge in [-0.05, 0) is 61.7 Å². The first kappa shape index (κ1) is 25.2. The summed E-state index contributed by atoms with van der Waals surface area (Å²) < 4.78 is 47.6. The van der Waals surface area contributed by atoms with Crippen LogP contribution in [0.2, 0.25) is 0 Å². The molecule has 1 amide bonds. The van der Waals surface area contributed by atoms with Crippen molar-refractivity contribution in [1.29, 1.82) is 0 Å². The minimum Gasteiger partial charge on any atom is -0.496 e. The molecule has 0 saturated heterocycles. The molecule has 0 aliphatic rings. The van der Waals surface area contributed by atoms with Gasteiger partial charge >= 0.3 is 0 Å². The molecule has 34 heavy (non-hydrogen) atoms. The highest BCUT2D eigenvalue weighted by atomic mass is 32.2. The van der Waals surface area contributed by atoms with Gasteiger partial charge in [-0.2, -0.15) is 0 Å². The van der Waals surface area contributed by atoms with Crippen molar-refractivity contribution in [2.24, 2.45) is 0 Å². The molecule has 0 aromatic heterocycles. The largest absolute Gasteiger partial charge is 0.496 e. The Morgan fingerprint density at radius 2 is 1.74 bits per heavy atom. The van der Waals surface area contributed by atoms with Gasteiger partial charge in [-0.25, -0.2) is 12.8 Å². The maximum absolute atomic E-state index is 14.7. The van der Waals surface area contributed by atoms with Crippen molar-refractivity contribution in [3.05, 3.63) is 89.2 Å². The molecule has 1 atom stereocenters. The lowest BCUT2D eigenvalue weighted by Gasteiger charge is -2.26. The van der Waals surface area contributed by atoms with Crippen LogP contribution in [0.1, 0.15) is 36.1 Å². The number of rotatable bonds is 9. The van der Waals surface area contributed by atoms with Crippen molar-refractivity contribution in [3.8, 4) is 5.75 Å². The number of sulfonamides is 1. The summed E-state index contributed by atoms with van der Waals surface area (Å²) in [6.45, 7) is 5.10. The van der Waals surface area contributed by atoms with E-state index in [0.29, 0.717) is 6.42 Å². The molecule has 8 heteroatoms. The van der Waals surface area contributed by atoms with E-state index in [2.05, 4.69) is 5.32 Å². The molecule has 3 aromatic rings. The number of para-hydroxylation sites is 1. The first-order valence-electron chi connectivity index (χ1n) is 10.9. The summed E-state index contributed by atoms with van der Waals surface area (Å²) in [5.41, 5.74) is 2.48. The van der Waals surface area contributed by atoms with E-state index < -0.39 is 28.3 Å². The van der Waals surface area contributed by atoms with Crippen molar-refractivity contribution in [3.63, 3.8) is 0 Å². The van der Waals surface area contributed by atoms with Gasteiger partial charge in [0.25, 0.3) is 10.0 Å². The summed E-state index contributed by atoms with van der Waals surface area (Å²) in [5.74, 6) is -0.539. The number of carbonyl (C=O) groups is 1. The van der Waals surface area contributed by atoms with Crippen LogP contribution in [0.5, 0.6) is 5.75 Å². The van der Waals surface area contributed by atoms with Gasteiger partial charge in [-0.15, -0.1) is 0 Å². The van der Waals surface area contributed by atoms with Gasteiger partial charge in [0.1, 0.15) is 18.1 Å². The summed E-state index contributed by atoms with van der Waals surface area (Å²) in [4.78, 5) is 13.0. The monoisotopic (exact) mass is 484 g/mol. The van der Waals surface area contributed by atoms with Crippen LogP contribution in [0.4, 0.5) is 10.1 Å². The first-order chi connectivity index (χ1) is 16.2. The SMILES string of the molecule is CC[C@@H](NC(=O)CN(c1ccccc1F)S(=O)(=O)c1ccc(C)cc1)c1ccc(OC)c(C)c1. The highest BCUT2D eigenvalue weighted by Gasteiger charge is 2.29. The first-order valence-corrected chi connectivity index (χ1v) is 12.4. The summed E-state index contributed by atoms with van der Waals surface area (Å²) in [5, 5.41) is 2.89. The Balaban J connectivity index is 1.91. The lowest BCUT2D eigenvalue weighted by Crippen LogP contribution is -2.42. The lowest BCUT2D eigenvalue weighted by molar-refractivity contribution is -0.120. The normalized spacial score (nSPS) is 12.1. The number of nitrogens with one attached hydrogen (secondary N) is 1. The minimum atomic E-state index is -4.20. The smallest absolute Gasteiger partial charge is 0.264 e. The molecule has 0 fully saturated rings. The maximum atomic E-state index is 14.7. The van der Waals surface area contributed by atoms with Gasteiger partial charge in [0.2, 0.25) is 5.91 Å². The summed E-state index contributed by atoms with van der Waals surface area (Å²) >= 11 is 0. The second kappa shape index (κ2) is 10.7. The lowest BCUT2D eigenvalue weighted by atomic mass is 10.0. The predicted octanol–water partition coefficient (Wildman–Crippen LogP) is 4.91. The summed E-state index contributed by atoms with van der Waals surface area (Å²) in [6, 6.07) is 17.0. The molecule has 0 aliphatic carbocycles. The zero-order valence-electron chi connectivity index (χ0n) is 19.7. The number of amides is 1. The van der Waals surface area contributed by atoms with Crippen LogP contribution in [0.25, 0.3) is 0 Å². The maximum Gasteiger partial charge on any atom is 0.264 e. The van der Waals surface area contributed by atoms with Crippen LogP contribution < -0.4 is 14.4 Å². The van der Waals surface area contributed by atoms with Crippen LogP contribution in [0.3, 0.4) is 0 Å². The van der Waals surface area contributed by atoms with Crippen LogP contribution in [-0.4, -0.2) is 28.0 Å². The van der Waals surface area contributed by atoms with Gasteiger partial charge < -0.3 is 10.1 Å². The van der Waals surface area contributed by atoms with E-state index in [0.717, 1.165) is 26.7 Å².